The van der Waals surface area contributed by atoms with Gasteiger partial charge in [-0.2, -0.15) is 0 Å². The first kappa shape index (κ1) is 15.8. The van der Waals surface area contributed by atoms with E-state index in [0.29, 0.717) is 24.9 Å². The van der Waals surface area contributed by atoms with E-state index in [9.17, 15) is 10.1 Å². The second-order valence-corrected chi connectivity index (χ2v) is 5.56. The Hall–Kier alpha value is -1.62. The highest BCUT2D eigenvalue weighted by atomic mass is 16.6. The minimum atomic E-state index is -0.353. The van der Waals surface area contributed by atoms with Gasteiger partial charge in [0, 0.05) is 12.6 Å². The molecule has 0 bridgehead atoms. The number of nitro benzene ring substituents is 1. The summed E-state index contributed by atoms with van der Waals surface area (Å²) in [5.74, 6) is 0. The molecule has 0 amide bonds. The average Bonchev–Trinajstić information content (AvgIpc) is 2.74. The highest BCUT2D eigenvalue weighted by Gasteiger charge is 2.15. The van der Waals surface area contributed by atoms with Crippen LogP contribution in [0.15, 0.2) is 18.2 Å². The van der Waals surface area contributed by atoms with Gasteiger partial charge < -0.3 is 10.1 Å². The molecule has 21 heavy (non-hydrogen) atoms. The van der Waals surface area contributed by atoms with Crippen LogP contribution >= 0.6 is 0 Å². The largest absolute Gasteiger partial charge is 0.380 e. The van der Waals surface area contributed by atoms with Crippen molar-refractivity contribution in [3.05, 3.63) is 33.9 Å². The van der Waals surface area contributed by atoms with Crippen LogP contribution in [0, 0.1) is 10.1 Å². The molecule has 0 spiro atoms. The lowest BCUT2D eigenvalue weighted by Crippen LogP contribution is -2.11. The van der Waals surface area contributed by atoms with Gasteiger partial charge in [-0.25, -0.2) is 0 Å². The molecule has 1 aromatic carbocycles. The predicted molar refractivity (Wildman–Crippen MR) is 83.5 cm³/mol. The summed E-state index contributed by atoms with van der Waals surface area (Å²) >= 11 is 0. The maximum absolute atomic E-state index is 11.0. The summed E-state index contributed by atoms with van der Waals surface area (Å²) in [6.07, 6.45) is 7.70. The van der Waals surface area contributed by atoms with Crippen molar-refractivity contribution >= 4 is 11.4 Å². The van der Waals surface area contributed by atoms with Crippen molar-refractivity contribution in [2.24, 2.45) is 0 Å². The van der Waals surface area contributed by atoms with E-state index in [2.05, 4.69) is 5.32 Å². The van der Waals surface area contributed by atoms with Crippen LogP contribution in [-0.4, -0.2) is 17.6 Å². The molecule has 0 aromatic heterocycles. The number of anilines is 1. The van der Waals surface area contributed by atoms with Gasteiger partial charge in [-0.15, -0.1) is 0 Å². The van der Waals surface area contributed by atoms with Crippen LogP contribution in [-0.2, 0) is 11.3 Å². The SMILES string of the molecule is CCNc1cc(COC2CCCCCC2)ccc1[N+](=O)[O-]. The third kappa shape index (κ3) is 4.70. The van der Waals surface area contributed by atoms with Gasteiger partial charge in [0.2, 0.25) is 0 Å². The zero-order chi connectivity index (χ0) is 15.1. The van der Waals surface area contributed by atoms with Gasteiger partial charge in [0.25, 0.3) is 5.69 Å². The molecule has 1 aliphatic carbocycles. The van der Waals surface area contributed by atoms with E-state index >= 15 is 0 Å². The molecule has 5 heteroatoms. The maximum atomic E-state index is 11.0. The van der Waals surface area contributed by atoms with E-state index < -0.39 is 0 Å². The second-order valence-electron chi connectivity index (χ2n) is 5.56. The fourth-order valence-corrected chi connectivity index (χ4v) is 2.79. The molecular formula is C16H24N2O3. The summed E-state index contributed by atoms with van der Waals surface area (Å²) in [6, 6.07) is 5.18. The van der Waals surface area contributed by atoms with Gasteiger partial charge in [0.1, 0.15) is 5.69 Å². The zero-order valence-corrected chi connectivity index (χ0v) is 12.6. The smallest absolute Gasteiger partial charge is 0.292 e. The molecule has 5 nitrogen and oxygen atoms in total. The fraction of sp³-hybridized carbons (Fsp3) is 0.625. The van der Waals surface area contributed by atoms with Gasteiger partial charge in [0.15, 0.2) is 0 Å². The molecule has 1 fully saturated rings. The summed E-state index contributed by atoms with van der Waals surface area (Å²) in [5.41, 5.74) is 1.68. The normalized spacial score (nSPS) is 16.4. The topological polar surface area (TPSA) is 64.4 Å². The van der Waals surface area contributed by atoms with E-state index in [4.69, 9.17) is 4.74 Å². The lowest BCUT2D eigenvalue weighted by atomic mass is 10.1. The van der Waals surface area contributed by atoms with Crippen LogP contribution < -0.4 is 5.32 Å². The summed E-state index contributed by atoms with van der Waals surface area (Å²) in [6.45, 7) is 3.12. The number of benzene rings is 1. The standard InChI is InChI=1S/C16H24N2O3/c1-2-17-15-11-13(9-10-16(15)18(19)20)12-21-14-7-5-3-4-6-8-14/h9-11,14,17H,2-8,12H2,1H3. The molecule has 0 saturated heterocycles. The number of nitrogens with zero attached hydrogens (tertiary/aromatic N) is 1. The van der Waals surface area contributed by atoms with Crippen molar-refractivity contribution in [2.75, 3.05) is 11.9 Å². The minimum absolute atomic E-state index is 0.120. The van der Waals surface area contributed by atoms with E-state index in [1.165, 1.54) is 25.7 Å². The Morgan fingerprint density at radius 1 is 1.29 bits per heavy atom. The Morgan fingerprint density at radius 2 is 2.00 bits per heavy atom. The molecule has 0 heterocycles. The van der Waals surface area contributed by atoms with Gasteiger partial charge >= 0.3 is 0 Å². The molecule has 0 unspecified atom stereocenters. The highest BCUT2D eigenvalue weighted by Crippen LogP contribution is 2.27. The molecule has 0 aliphatic heterocycles. The van der Waals surface area contributed by atoms with Crippen LogP contribution in [0.25, 0.3) is 0 Å². The van der Waals surface area contributed by atoms with Crippen LogP contribution in [0.1, 0.15) is 51.0 Å². The van der Waals surface area contributed by atoms with E-state index in [1.807, 2.05) is 13.0 Å². The van der Waals surface area contributed by atoms with Crippen molar-refractivity contribution in [2.45, 2.75) is 58.2 Å². The highest BCUT2D eigenvalue weighted by molar-refractivity contribution is 5.62. The predicted octanol–water partition coefficient (Wildman–Crippen LogP) is 4.27. The van der Waals surface area contributed by atoms with Gasteiger partial charge in [0.05, 0.1) is 17.6 Å². The summed E-state index contributed by atoms with van der Waals surface area (Å²) < 4.78 is 5.98. The Labute approximate surface area is 125 Å². The van der Waals surface area contributed by atoms with Crippen LogP contribution in [0.5, 0.6) is 0 Å². The summed E-state index contributed by atoms with van der Waals surface area (Å²) in [4.78, 5) is 10.6. The minimum Gasteiger partial charge on any atom is -0.380 e. The number of hydrogen-bond donors (Lipinski definition) is 1. The Balaban J connectivity index is 1.99. The van der Waals surface area contributed by atoms with Crippen molar-refractivity contribution in [1.82, 2.24) is 0 Å². The van der Waals surface area contributed by atoms with Crippen LogP contribution in [0.4, 0.5) is 11.4 Å². The molecule has 2 rings (SSSR count). The van der Waals surface area contributed by atoms with Crippen molar-refractivity contribution in [3.63, 3.8) is 0 Å². The third-order valence-electron chi connectivity index (χ3n) is 3.91. The van der Waals surface area contributed by atoms with Crippen molar-refractivity contribution in [1.29, 1.82) is 0 Å². The molecule has 1 N–H and O–H groups in total. The number of ether oxygens (including phenoxy) is 1. The number of rotatable bonds is 6. The van der Waals surface area contributed by atoms with Crippen molar-refractivity contribution in [3.8, 4) is 0 Å². The van der Waals surface area contributed by atoms with E-state index in [-0.39, 0.29) is 10.6 Å². The Bertz CT molecular complexity index is 469. The van der Waals surface area contributed by atoms with Gasteiger partial charge in [-0.05, 0) is 37.5 Å². The molecule has 0 radical (unpaired) electrons. The summed E-state index contributed by atoms with van der Waals surface area (Å²) in [7, 11) is 0. The van der Waals surface area contributed by atoms with E-state index in [1.54, 1.807) is 12.1 Å². The average molecular weight is 292 g/mol. The Morgan fingerprint density at radius 3 is 2.62 bits per heavy atom. The second kappa shape index (κ2) is 7.98. The van der Waals surface area contributed by atoms with Gasteiger partial charge in [-0.3, -0.25) is 10.1 Å². The van der Waals surface area contributed by atoms with Crippen molar-refractivity contribution < 1.29 is 9.66 Å². The lowest BCUT2D eigenvalue weighted by molar-refractivity contribution is -0.384. The molecule has 1 aliphatic rings. The molecule has 116 valence electrons. The monoisotopic (exact) mass is 292 g/mol. The van der Waals surface area contributed by atoms with E-state index in [0.717, 1.165) is 18.4 Å². The van der Waals surface area contributed by atoms with Crippen LogP contribution in [0.2, 0.25) is 0 Å². The number of nitro groups is 1. The number of nitrogens with one attached hydrogen (secondary N) is 1. The molecule has 1 saturated carbocycles. The van der Waals surface area contributed by atoms with Crippen LogP contribution in [0.3, 0.4) is 0 Å². The Kier molecular flexibility index (Phi) is 5.99. The third-order valence-corrected chi connectivity index (χ3v) is 3.91. The number of hydrogen-bond acceptors (Lipinski definition) is 4. The summed E-state index contributed by atoms with van der Waals surface area (Å²) in [5, 5.41) is 14.0. The van der Waals surface area contributed by atoms with Gasteiger partial charge in [-0.1, -0.05) is 25.7 Å². The quantitative estimate of drug-likeness (QED) is 0.483. The first-order chi connectivity index (χ1) is 10.2. The molecule has 1 aromatic rings. The zero-order valence-electron chi connectivity index (χ0n) is 12.6. The maximum Gasteiger partial charge on any atom is 0.292 e. The molecular weight excluding hydrogens is 268 g/mol. The first-order valence-corrected chi connectivity index (χ1v) is 7.83. The fourth-order valence-electron chi connectivity index (χ4n) is 2.79. The molecule has 0 atom stereocenters. The first-order valence-electron chi connectivity index (χ1n) is 7.83. The lowest BCUT2D eigenvalue weighted by Gasteiger charge is -2.16.